The quantitative estimate of drug-likeness (QED) is 0.613. The molecule has 0 aliphatic carbocycles. The number of aliphatic hydroxyl groups excluding tert-OH is 1. The molecule has 0 saturated carbocycles. The molecule has 0 heterocycles. The maximum Gasteiger partial charge on any atom is 0.226 e. The first-order chi connectivity index (χ1) is 6.65. The van der Waals surface area contributed by atoms with Crippen LogP contribution in [0.5, 0.6) is 0 Å². The lowest BCUT2D eigenvalue weighted by Crippen LogP contribution is -2.50. The van der Waals surface area contributed by atoms with Crippen molar-refractivity contribution >= 4 is 28.5 Å². The summed E-state index contributed by atoms with van der Waals surface area (Å²) in [5, 5.41) is 12.1. The molecule has 0 fully saturated rings. The topological polar surface area (TPSA) is 49.3 Å². The molecule has 2 N–H and O–H groups in total. The second-order valence-corrected chi connectivity index (χ2v) is 6.35. The molecule has 0 spiro atoms. The summed E-state index contributed by atoms with van der Waals surface area (Å²) < 4.78 is 0.763. The first-order valence-corrected chi connectivity index (χ1v) is 6.65. The Labute approximate surface area is 106 Å². The average molecular weight is 327 g/mol. The highest BCUT2D eigenvalue weighted by Crippen LogP contribution is 2.23. The number of carbonyl (C=O) groups excluding carboxylic acids is 1. The zero-order valence-corrected chi connectivity index (χ0v) is 12.4. The molecule has 0 radical (unpaired) electrons. The standard InChI is InChI=1S/C11H22INO2/c1-10(2,3)8(6-14)13-9(15)11(4,5)7-12/h8,14H,6-7H2,1-5H3,(H,13,15). The van der Waals surface area contributed by atoms with Gasteiger partial charge in [-0.05, 0) is 5.41 Å². The highest BCUT2D eigenvalue weighted by atomic mass is 127. The molecule has 0 aromatic carbocycles. The second kappa shape index (κ2) is 5.48. The van der Waals surface area contributed by atoms with Crippen molar-refractivity contribution in [3.63, 3.8) is 0 Å². The van der Waals surface area contributed by atoms with Gasteiger partial charge in [0.15, 0.2) is 0 Å². The van der Waals surface area contributed by atoms with Gasteiger partial charge in [-0.3, -0.25) is 4.79 Å². The van der Waals surface area contributed by atoms with Gasteiger partial charge < -0.3 is 10.4 Å². The Morgan fingerprint density at radius 3 is 2.07 bits per heavy atom. The van der Waals surface area contributed by atoms with Crippen molar-refractivity contribution in [2.24, 2.45) is 10.8 Å². The summed E-state index contributed by atoms with van der Waals surface area (Å²) in [6, 6.07) is -0.188. The predicted octanol–water partition coefficient (Wildman–Crippen LogP) is 1.97. The molecule has 0 aliphatic rings. The molecule has 3 nitrogen and oxygen atoms in total. The fraction of sp³-hybridized carbons (Fsp3) is 0.909. The Bertz CT molecular complexity index is 221. The van der Waals surface area contributed by atoms with Gasteiger partial charge in [0.05, 0.1) is 18.1 Å². The Hall–Kier alpha value is 0.160. The lowest BCUT2D eigenvalue weighted by atomic mass is 9.86. The number of aliphatic hydroxyl groups is 1. The maximum atomic E-state index is 11.9. The van der Waals surface area contributed by atoms with Gasteiger partial charge in [-0.2, -0.15) is 0 Å². The number of hydrogen-bond donors (Lipinski definition) is 2. The van der Waals surface area contributed by atoms with Crippen LogP contribution >= 0.6 is 22.6 Å². The summed E-state index contributed by atoms with van der Waals surface area (Å²) in [6.07, 6.45) is 0. The molecular formula is C11H22INO2. The van der Waals surface area contributed by atoms with Crippen LogP contribution in [0.15, 0.2) is 0 Å². The van der Waals surface area contributed by atoms with E-state index in [9.17, 15) is 9.90 Å². The van der Waals surface area contributed by atoms with Crippen LogP contribution in [-0.2, 0) is 4.79 Å². The first kappa shape index (κ1) is 15.2. The Kier molecular flexibility index (Phi) is 5.54. The Morgan fingerprint density at radius 1 is 1.33 bits per heavy atom. The van der Waals surface area contributed by atoms with E-state index >= 15 is 0 Å². The van der Waals surface area contributed by atoms with Crippen molar-refractivity contribution in [3.8, 4) is 0 Å². The van der Waals surface area contributed by atoms with Crippen LogP contribution in [0.2, 0.25) is 0 Å². The van der Waals surface area contributed by atoms with E-state index < -0.39 is 0 Å². The average Bonchev–Trinajstić information content (AvgIpc) is 2.11. The first-order valence-electron chi connectivity index (χ1n) is 5.13. The maximum absolute atomic E-state index is 11.9. The van der Waals surface area contributed by atoms with E-state index in [1.807, 2.05) is 34.6 Å². The number of amides is 1. The lowest BCUT2D eigenvalue weighted by Gasteiger charge is -2.32. The van der Waals surface area contributed by atoms with Crippen molar-refractivity contribution in [2.45, 2.75) is 40.7 Å². The molecule has 1 atom stereocenters. The van der Waals surface area contributed by atoms with Crippen molar-refractivity contribution in [3.05, 3.63) is 0 Å². The molecule has 1 unspecified atom stereocenters. The van der Waals surface area contributed by atoms with Crippen LogP contribution in [0.25, 0.3) is 0 Å². The van der Waals surface area contributed by atoms with E-state index in [1.54, 1.807) is 0 Å². The number of nitrogens with one attached hydrogen (secondary N) is 1. The van der Waals surface area contributed by atoms with Gasteiger partial charge in [0.2, 0.25) is 5.91 Å². The number of carbonyl (C=O) groups is 1. The van der Waals surface area contributed by atoms with Crippen LogP contribution < -0.4 is 5.32 Å². The van der Waals surface area contributed by atoms with E-state index in [4.69, 9.17) is 0 Å². The molecule has 15 heavy (non-hydrogen) atoms. The van der Waals surface area contributed by atoms with Crippen molar-refractivity contribution < 1.29 is 9.90 Å². The number of rotatable bonds is 4. The molecular weight excluding hydrogens is 305 g/mol. The molecule has 0 aliphatic heterocycles. The minimum absolute atomic E-state index is 0.00544. The van der Waals surface area contributed by atoms with Gasteiger partial charge in [0.25, 0.3) is 0 Å². The third-order valence-corrected chi connectivity index (χ3v) is 4.39. The molecule has 0 aromatic heterocycles. The normalized spacial score (nSPS) is 14.9. The number of hydrogen-bond acceptors (Lipinski definition) is 2. The van der Waals surface area contributed by atoms with Crippen LogP contribution in [0.3, 0.4) is 0 Å². The zero-order valence-electron chi connectivity index (χ0n) is 10.2. The highest BCUT2D eigenvalue weighted by Gasteiger charge is 2.32. The fourth-order valence-electron chi connectivity index (χ4n) is 0.950. The van der Waals surface area contributed by atoms with Gasteiger partial charge in [-0.15, -0.1) is 0 Å². The van der Waals surface area contributed by atoms with Gasteiger partial charge in [-0.1, -0.05) is 57.2 Å². The second-order valence-electron chi connectivity index (χ2n) is 5.59. The fourth-order valence-corrected chi connectivity index (χ4v) is 1.30. The van der Waals surface area contributed by atoms with E-state index in [0.717, 1.165) is 4.43 Å². The third kappa shape index (κ3) is 4.68. The van der Waals surface area contributed by atoms with Gasteiger partial charge in [0, 0.05) is 4.43 Å². The van der Waals surface area contributed by atoms with Gasteiger partial charge >= 0.3 is 0 Å². The summed E-state index contributed by atoms with van der Waals surface area (Å²) in [5.74, 6) is 0.00544. The molecule has 4 heteroatoms. The summed E-state index contributed by atoms with van der Waals surface area (Å²) >= 11 is 2.20. The minimum atomic E-state index is -0.376. The number of halogens is 1. The van der Waals surface area contributed by atoms with E-state index in [1.165, 1.54) is 0 Å². The molecule has 0 saturated heterocycles. The minimum Gasteiger partial charge on any atom is -0.394 e. The molecule has 90 valence electrons. The predicted molar refractivity (Wildman–Crippen MR) is 71.1 cm³/mol. The largest absolute Gasteiger partial charge is 0.394 e. The molecule has 0 rings (SSSR count). The van der Waals surface area contributed by atoms with Crippen molar-refractivity contribution in [1.29, 1.82) is 0 Å². The van der Waals surface area contributed by atoms with Crippen LogP contribution in [0.4, 0.5) is 0 Å². The number of alkyl halides is 1. The zero-order chi connectivity index (χ0) is 12.3. The van der Waals surface area contributed by atoms with E-state index in [-0.39, 0.29) is 29.4 Å². The summed E-state index contributed by atoms with van der Waals surface area (Å²) in [6.45, 7) is 9.81. The van der Waals surface area contributed by atoms with E-state index in [2.05, 4.69) is 27.9 Å². The molecule has 0 bridgehead atoms. The van der Waals surface area contributed by atoms with Crippen molar-refractivity contribution in [2.75, 3.05) is 11.0 Å². The summed E-state index contributed by atoms with van der Waals surface area (Å²) in [5.41, 5.74) is -0.495. The third-order valence-electron chi connectivity index (χ3n) is 2.48. The van der Waals surface area contributed by atoms with Crippen LogP contribution in [0, 0.1) is 10.8 Å². The summed E-state index contributed by atoms with van der Waals surface area (Å²) in [7, 11) is 0. The highest BCUT2D eigenvalue weighted by molar-refractivity contribution is 14.1. The summed E-state index contributed by atoms with van der Waals surface area (Å²) in [4.78, 5) is 11.9. The lowest BCUT2D eigenvalue weighted by molar-refractivity contribution is -0.130. The van der Waals surface area contributed by atoms with Crippen molar-refractivity contribution in [1.82, 2.24) is 5.32 Å². The molecule has 1 amide bonds. The smallest absolute Gasteiger partial charge is 0.226 e. The van der Waals surface area contributed by atoms with Gasteiger partial charge in [-0.25, -0.2) is 0 Å². The van der Waals surface area contributed by atoms with Crippen LogP contribution in [-0.4, -0.2) is 28.1 Å². The molecule has 0 aromatic rings. The SMILES string of the molecule is CC(C)(CI)C(=O)NC(CO)C(C)(C)C. The Morgan fingerprint density at radius 2 is 1.80 bits per heavy atom. The van der Waals surface area contributed by atoms with E-state index in [0.29, 0.717) is 0 Å². The Balaban J connectivity index is 4.52. The van der Waals surface area contributed by atoms with Crippen LogP contribution in [0.1, 0.15) is 34.6 Å². The monoisotopic (exact) mass is 327 g/mol. The van der Waals surface area contributed by atoms with Gasteiger partial charge in [0.1, 0.15) is 0 Å².